The summed E-state index contributed by atoms with van der Waals surface area (Å²) in [7, 11) is 0. The molecule has 0 saturated carbocycles. The first-order valence-electron chi connectivity index (χ1n) is 6.03. The molecule has 0 spiro atoms. The molecular formula is C12H18N2O3. The van der Waals surface area contributed by atoms with Crippen molar-refractivity contribution in [3.05, 3.63) is 12.2 Å². The number of carboxylic acids is 1. The van der Waals surface area contributed by atoms with Crippen molar-refractivity contribution in [1.29, 1.82) is 0 Å². The standard InChI is InChI=1S/C12H18N2O3/c1-7-10(4-5-13-7)11(15)14-9-3-2-8(6-9)12(16)17/h2-3,7-10,13H,4-6H2,1H3,(H,14,15)(H,16,17). The van der Waals surface area contributed by atoms with Crippen LogP contribution in [0.5, 0.6) is 0 Å². The van der Waals surface area contributed by atoms with Crippen LogP contribution in [0.3, 0.4) is 0 Å². The van der Waals surface area contributed by atoms with Crippen molar-refractivity contribution in [2.45, 2.75) is 31.8 Å². The van der Waals surface area contributed by atoms with E-state index < -0.39 is 11.9 Å². The molecule has 0 aromatic carbocycles. The van der Waals surface area contributed by atoms with Crippen LogP contribution >= 0.6 is 0 Å². The minimum atomic E-state index is -0.825. The summed E-state index contributed by atoms with van der Waals surface area (Å²) in [6.45, 7) is 2.87. The van der Waals surface area contributed by atoms with E-state index >= 15 is 0 Å². The van der Waals surface area contributed by atoms with E-state index in [4.69, 9.17) is 5.11 Å². The van der Waals surface area contributed by atoms with Crippen molar-refractivity contribution >= 4 is 11.9 Å². The second-order valence-corrected chi connectivity index (χ2v) is 4.82. The smallest absolute Gasteiger partial charge is 0.310 e. The lowest BCUT2D eigenvalue weighted by Gasteiger charge is -2.18. The summed E-state index contributed by atoms with van der Waals surface area (Å²) in [6, 6.07) is 0.0760. The number of hydrogen-bond acceptors (Lipinski definition) is 3. The molecule has 1 aliphatic carbocycles. The first kappa shape index (κ1) is 12.1. The van der Waals surface area contributed by atoms with Crippen LogP contribution in [0, 0.1) is 11.8 Å². The molecule has 2 aliphatic rings. The van der Waals surface area contributed by atoms with Crippen molar-refractivity contribution in [3.8, 4) is 0 Å². The maximum Gasteiger partial charge on any atom is 0.310 e. The fraction of sp³-hybridized carbons (Fsp3) is 0.667. The molecule has 1 amide bonds. The van der Waals surface area contributed by atoms with E-state index in [0.29, 0.717) is 6.42 Å². The third-order valence-corrected chi connectivity index (χ3v) is 3.59. The summed E-state index contributed by atoms with van der Waals surface area (Å²) in [6.07, 6.45) is 4.76. The molecule has 0 radical (unpaired) electrons. The van der Waals surface area contributed by atoms with Gasteiger partial charge in [0.2, 0.25) is 5.91 Å². The van der Waals surface area contributed by atoms with Gasteiger partial charge in [-0.1, -0.05) is 12.2 Å². The van der Waals surface area contributed by atoms with Gasteiger partial charge < -0.3 is 15.7 Å². The van der Waals surface area contributed by atoms with Crippen LogP contribution in [0.25, 0.3) is 0 Å². The number of hydrogen-bond donors (Lipinski definition) is 3. The van der Waals surface area contributed by atoms with Crippen LogP contribution < -0.4 is 10.6 Å². The van der Waals surface area contributed by atoms with Gasteiger partial charge >= 0.3 is 5.97 Å². The molecule has 1 saturated heterocycles. The van der Waals surface area contributed by atoms with Gasteiger partial charge in [-0.2, -0.15) is 0 Å². The largest absolute Gasteiger partial charge is 0.481 e. The Bertz CT molecular complexity index is 354. The third kappa shape index (κ3) is 2.66. The summed E-state index contributed by atoms with van der Waals surface area (Å²) >= 11 is 0. The molecule has 94 valence electrons. The fourth-order valence-corrected chi connectivity index (χ4v) is 2.50. The molecule has 1 fully saturated rings. The first-order chi connectivity index (χ1) is 8.08. The lowest BCUT2D eigenvalue weighted by atomic mass is 10.0. The van der Waals surface area contributed by atoms with Gasteiger partial charge in [0.25, 0.3) is 0 Å². The van der Waals surface area contributed by atoms with Crippen LogP contribution in [0.2, 0.25) is 0 Å². The molecule has 0 aromatic rings. The molecule has 3 N–H and O–H groups in total. The van der Waals surface area contributed by atoms with E-state index in [9.17, 15) is 9.59 Å². The predicted octanol–water partition coefficient (Wildman–Crippen LogP) is 0.130. The SMILES string of the molecule is CC1NCCC1C(=O)NC1C=CC(C(=O)O)C1. The van der Waals surface area contributed by atoms with E-state index in [-0.39, 0.29) is 23.9 Å². The number of aliphatic carboxylic acids is 1. The minimum absolute atomic E-state index is 0.00674. The Morgan fingerprint density at radius 3 is 2.71 bits per heavy atom. The van der Waals surface area contributed by atoms with Crippen LogP contribution in [-0.2, 0) is 9.59 Å². The predicted molar refractivity (Wildman–Crippen MR) is 62.4 cm³/mol. The average molecular weight is 238 g/mol. The van der Waals surface area contributed by atoms with Gasteiger partial charge in [0.15, 0.2) is 0 Å². The number of carbonyl (C=O) groups excluding carboxylic acids is 1. The molecule has 5 nitrogen and oxygen atoms in total. The third-order valence-electron chi connectivity index (χ3n) is 3.59. The molecule has 0 bridgehead atoms. The number of amides is 1. The van der Waals surface area contributed by atoms with Crippen LogP contribution in [0.4, 0.5) is 0 Å². The van der Waals surface area contributed by atoms with E-state index in [0.717, 1.165) is 13.0 Å². The average Bonchev–Trinajstić information content (AvgIpc) is 2.86. The fourth-order valence-electron chi connectivity index (χ4n) is 2.50. The molecule has 4 unspecified atom stereocenters. The zero-order valence-electron chi connectivity index (χ0n) is 9.85. The Labute approximate surface area is 100 Å². The van der Waals surface area contributed by atoms with Gasteiger partial charge in [0.05, 0.1) is 11.8 Å². The number of rotatable bonds is 3. The Balaban J connectivity index is 1.84. The van der Waals surface area contributed by atoms with Crippen molar-refractivity contribution in [3.63, 3.8) is 0 Å². The maximum absolute atomic E-state index is 12.0. The van der Waals surface area contributed by atoms with E-state index in [1.807, 2.05) is 6.92 Å². The highest BCUT2D eigenvalue weighted by Gasteiger charge is 2.32. The molecule has 5 heteroatoms. The topological polar surface area (TPSA) is 78.4 Å². The Kier molecular flexibility index (Phi) is 3.47. The van der Waals surface area contributed by atoms with Crippen LogP contribution in [0.1, 0.15) is 19.8 Å². The summed E-state index contributed by atoms with van der Waals surface area (Å²) in [5, 5.41) is 15.0. The zero-order valence-corrected chi connectivity index (χ0v) is 9.85. The van der Waals surface area contributed by atoms with E-state index in [1.165, 1.54) is 0 Å². The van der Waals surface area contributed by atoms with E-state index in [2.05, 4.69) is 10.6 Å². The molecule has 17 heavy (non-hydrogen) atoms. The van der Waals surface area contributed by atoms with Gasteiger partial charge in [-0.05, 0) is 26.3 Å². The van der Waals surface area contributed by atoms with Gasteiger partial charge in [-0.25, -0.2) is 0 Å². The lowest BCUT2D eigenvalue weighted by molar-refractivity contribution is -0.140. The Morgan fingerprint density at radius 1 is 1.41 bits per heavy atom. The monoisotopic (exact) mass is 238 g/mol. The molecule has 0 aromatic heterocycles. The molecule has 2 rings (SSSR count). The molecule has 1 aliphatic heterocycles. The van der Waals surface area contributed by atoms with Gasteiger partial charge in [0.1, 0.15) is 0 Å². The highest BCUT2D eigenvalue weighted by Crippen LogP contribution is 2.20. The van der Waals surface area contributed by atoms with Crippen LogP contribution in [0.15, 0.2) is 12.2 Å². The second-order valence-electron chi connectivity index (χ2n) is 4.82. The van der Waals surface area contributed by atoms with Crippen molar-refractivity contribution < 1.29 is 14.7 Å². The van der Waals surface area contributed by atoms with Gasteiger partial charge in [-0.15, -0.1) is 0 Å². The van der Waals surface area contributed by atoms with Crippen molar-refractivity contribution in [1.82, 2.24) is 10.6 Å². The van der Waals surface area contributed by atoms with Gasteiger partial charge in [0, 0.05) is 12.1 Å². The quantitative estimate of drug-likeness (QED) is 0.611. The van der Waals surface area contributed by atoms with Gasteiger partial charge in [-0.3, -0.25) is 9.59 Å². The highest BCUT2D eigenvalue weighted by atomic mass is 16.4. The summed E-state index contributed by atoms with van der Waals surface area (Å²) in [5.41, 5.74) is 0. The summed E-state index contributed by atoms with van der Waals surface area (Å²) in [5.74, 6) is -1.25. The number of nitrogens with one attached hydrogen (secondary N) is 2. The minimum Gasteiger partial charge on any atom is -0.481 e. The highest BCUT2D eigenvalue weighted by molar-refractivity contribution is 5.80. The number of carboxylic acid groups (broad SMARTS) is 1. The first-order valence-corrected chi connectivity index (χ1v) is 6.03. The number of carbonyl (C=O) groups is 2. The summed E-state index contributed by atoms with van der Waals surface area (Å²) < 4.78 is 0. The molecule has 4 atom stereocenters. The Morgan fingerprint density at radius 2 is 2.18 bits per heavy atom. The zero-order chi connectivity index (χ0) is 12.4. The lowest BCUT2D eigenvalue weighted by Crippen LogP contribution is -2.41. The van der Waals surface area contributed by atoms with E-state index in [1.54, 1.807) is 12.2 Å². The molecule has 1 heterocycles. The van der Waals surface area contributed by atoms with Crippen LogP contribution in [-0.4, -0.2) is 35.6 Å². The van der Waals surface area contributed by atoms with Crippen molar-refractivity contribution in [2.24, 2.45) is 11.8 Å². The normalized spacial score (nSPS) is 36.1. The summed E-state index contributed by atoms with van der Waals surface area (Å²) in [4.78, 5) is 22.7. The second kappa shape index (κ2) is 4.87. The maximum atomic E-state index is 12.0. The Hall–Kier alpha value is -1.36. The molecular weight excluding hydrogens is 220 g/mol. The van der Waals surface area contributed by atoms with Crippen molar-refractivity contribution in [2.75, 3.05) is 6.54 Å².